The molecule has 1 aromatic heterocycles. The highest BCUT2D eigenvalue weighted by molar-refractivity contribution is 7.69. The van der Waals surface area contributed by atoms with Gasteiger partial charge in [0.1, 0.15) is 0 Å². The minimum atomic E-state index is -0.372. The molecule has 0 amide bonds. The van der Waals surface area contributed by atoms with Crippen molar-refractivity contribution in [3.05, 3.63) is 17.7 Å². The number of aryl methyl sites for hydroxylation is 1. The van der Waals surface area contributed by atoms with Gasteiger partial charge in [-0.1, -0.05) is 89.2 Å². The summed E-state index contributed by atoms with van der Waals surface area (Å²) in [6, 6.07) is 4.64. The fourth-order valence-electron chi connectivity index (χ4n) is 4.19. The van der Waals surface area contributed by atoms with Crippen LogP contribution in [0.1, 0.15) is 88.6 Å². The molecule has 0 unspecified atom stereocenters. The molecule has 144 valence electrons. The second-order valence-corrected chi connectivity index (χ2v) is 18.8. The lowest BCUT2D eigenvalue weighted by molar-refractivity contribution is 0.712. The van der Waals surface area contributed by atoms with Gasteiger partial charge < -0.3 is 0 Å². The van der Waals surface area contributed by atoms with Crippen LogP contribution in [0, 0.1) is 6.92 Å². The largest absolute Gasteiger partial charge is 0.248 e. The van der Waals surface area contributed by atoms with E-state index in [1.165, 1.54) is 16.4 Å². The van der Waals surface area contributed by atoms with Crippen molar-refractivity contribution < 1.29 is 0 Å². The fraction of sp³-hybridized carbons (Fsp3) is 0.773. The number of aromatic nitrogens is 1. The molecule has 0 saturated carbocycles. The van der Waals surface area contributed by atoms with Crippen molar-refractivity contribution in [2.24, 2.45) is 0 Å². The lowest BCUT2D eigenvalue weighted by atomic mass is 10.2. The highest BCUT2D eigenvalue weighted by atomic mass is 31.1. The Bertz CT molecular complexity index is 564. The van der Waals surface area contributed by atoms with E-state index >= 15 is 0 Å². The maximum atomic E-state index is 5.40. The predicted molar refractivity (Wildman–Crippen MR) is 121 cm³/mol. The van der Waals surface area contributed by atoms with Crippen molar-refractivity contribution in [1.82, 2.24) is 4.98 Å². The van der Waals surface area contributed by atoms with E-state index in [1.54, 1.807) is 0 Å². The molecule has 0 N–H and O–H groups in total. The van der Waals surface area contributed by atoms with Gasteiger partial charge in [-0.2, -0.15) is 0 Å². The molecule has 0 aliphatic heterocycles. The summed E-state index contributed by atoms with van der Waals surface area (Å²) in [7, 11) is -0.736. The minimum absolute atomic E-state index is 0.246. The van der Waals surface area contributed by atoms with E-state index in [-0.39, 0.29) is 36.5 Å². The van der Waals surface area contributed by atoms with Crippen molar-refractivity contribution in [1.29, 1.82) is 0 Å². The molecular weight excluding hydrogens is 340 g/mol. The number of nitrogens with zero attached hydrogens (tertiary/aromatic N) is 1. The first-order valence-electron chi connectivity index (χ1n) is 9.45. The van der Waals surface area contributed by atoms with E-state index < -0.39 is 0 Å². The fourth-order valence-corrected chi connectivity index (χ4v) is 12.0. The zero-order valence-corrected chi connectivity index (χ0v) is 20.8. The van der Waals surface area contributed by atoms with Gasteiger partial charge in [0.25, 0.3) is 0 Å². The third kappa shape index (κ3) is 5.74. The van der Waals surface area contributed by atoms with E-state index in [9.17, 15) is 0 Å². The van der Waals surface area contributed by atoms with Gasteiger partial charge in [-0.15, -0.1) is 0 Å². The van der Waals surface area contributed by atoms with Crippen molar-refractivity contribution >= 4 is 26.7 Å². The molecule has 0 radical (unpaired) electrons. The lowest BCUT2D eigenvalue weighted by Gasteiger charge is -2.43. The first kappa shape index (κ1) is 23.0. The average Bonchev–Trinajstić information content (AvgIpc) is 2.25. The summed E-state index contributed by atoms with van der Waals surface area (Å²) in [5.74, 6) is 0. The Labute approximate surface area is 160 Å². The quantitative estimate of drug-likeness (QED) is 0.513. The normalized spacial score (nSPS) is 14.5. The summed E-state index contributed by atoms with van der Waals surface area (Å²) in [5.41, 5.74) is 4.06. The molecule has 1 heterocycles. The van der Waals surface area contributed by atoms with E-state index in [0.29, 0.717) is 0 Å². The number of hydrogen-bond donors (Lipinski definition) is 0. The van der Waals surface area contributed by atoms with Crippen LogP contribution in [0.3, 0.4) is 0 Å². The summed E-state index contributed by atoms with van der Waals surface area (Å²) >= 11 is 0. The molecule has 25 heavy (non-hydrogen) atoms. The minimum Gasteiger partial charge on any atom is -0.248 e. The van der Waals surface area contributed by atoms with Crippen molar-refractivity contribution in [3.63, 3.8) is 0 Å². The van der Waals surface area contributed by atoms with Crippen molar-refractivity contribution in [2.45, 2.75) is 111 Å². The molecule has 1 aromatic rings. The molecule has 1 rings (SSSR count). The van der Waals surface area contributed by atoms with E-state index in [2.05, 4.69) is 102 Å². The van der Waals surface area contributed by atoms with Gasteiger partial charge in [0.15, 0.2) is 0 Å². The van der Waals surface area contributed by atoms with Gasteiger partial charge in [-0.3, -0.25) is 0 Å². The molecule has 0 aliphatic rings. The number of rotatable bonds is 2. The SMILES string of the molecule is Cc1ccc(P(C(C)(C)C)C(C)(C)C)nc1P(C(C)(C)C)C(C)(C)C. The highest BCUT2D eigenvalue weighted by Gasteiger charge is 2.40. The Balaban J connectivity index is 3.64. The summed E-state index contributed by atoms with van der Waals surface area (Å²) in [6.07, 6.45) is 0. The Morgan fingerprint density at radius 1 is 0.600 bits per heavy atom. The Morgan fingerprint density at radius 3 is 1.28 bits per heavy atom. The van der Waals surface area contributed by atoms with Gasteiger partial charge in [0, 0.05) is 0 Å². The molecule has 0 bridgehead atoms. The van der Waals surface area contributed by atoms with Crippen LogP contribution < -0.4 is 10.9 Å². The maximum absolute atomic E-state index is 5.40. The Morgan fingerprint density at radius 2 is 0.960 bits per heavy atom. The van der Waals surface area contributed by atoms with Crippen LogP contribution in [0.25, 0.3) is 0 Å². The van der Waals surface area contributed by atoms with Gasteiger partial charge in [-0.05, 0) is 55.0 Å². The molecule has 0 saturated heterocycles. The molecule has 3 heteroatoms. The van der Waals surface area contributed by atoms with Crippen LogP contribution >= 0.6 is 15.8 Å². The third-order valence-electron chi connectivity index (χ3n) is 4.18. The number of hydrogen-bond acceptors (Lipinski definition) is 1. The molecule has 0 fully saturated rings. The molecule has 0 aliphatic carbocycles. The molecule has 0 spiro atoms. The Hall–Kier alpha value is 0.01000. The molecule has 1 nitrogen and oxygen atoms in total. The smallest absolute Gasteiger partial charge is 0.0677 e. The van der Waals surface area contributed by atoms with E-state index in [1.807, 2.05) is 0 Å². The van der Waals surface area contributed by atoms with Crippen LogP contribution in [-0.4, -0.2) is 25.6 Å². The second kappa shape index (κ2) is 7.20. The van der Waals surface area contributed by atoms with Crippen LogP contribution in [0.2, 0.25) is 0 Å². The van der Waals surface area contributed by atoms with Crippen molar-refractivity contribution in [3.8, 4) is 0 Å². The summed E-state index contributed by atoms with van der Waals surface area (Å²) in [4.78, 5) is 5.40. The average molecular weight is 382 g/mol. The first-order chi connectivity index (χ1) is 10.9. The van der Waals surface area contributed by atoms with E-state index in [0.717, 1.165) is 0 Å². The maximum Gasteiger partial charge on any atom is 0.0677 e. The summed E-state index contributed by atoms with van der Waals surface area (Å²) < 4.78 is 0. The number of pyridine rings is 1. The zero-order chi connectivity index (χ0) is 20.0. The zero-order valence-electron chi connectivity index (χ0n) is 19.0. The van der Waals surface area contributed by atoms with Gasteiger partial charge in [-0.25, -0.2) is 4.98 Å². The van der Waals surface area contributed by atoms with Gasteiger partial charge >= 0.3 is 0 Å². The Kier molecular flexibility index (Phi) is 6.64. The summed E-state index contributed by atoms with van der Waals surface area (Å²) in [6.45, 7) is 30.8. The summed E-state index contributed by atoms with van der Waals surface area (Å²) in [5, 5.41) is 0.991. The first-order valence-corrected chi connectivity index (χ1v) is 12.1. The lowest BCUT2D eigenvalue weighted by Crippen LogP contribution is -2.38. The van der Waals surface area contributed by atoms with Crippen LogP contribution in [0.5, 0.6) is 0 Å². The topological polar surface area (TPSA) is 12.9 Å². The molecule has 0 aromatic carbocycles. The van der Waals surface area contributed by atoms with Crippen LogP contribution in [-0.2, 0) is 0 Å². The third-order valence-corrected chi connectivity index (χ3v) is 11.1. The standard InChI is InChI=1S/C22H41NP2/c1-16-14-15-17(24(19(2,3)4)20(5,6)7)23-18(16)25(21(8,9)10)22(11,12)13/h14-15H,1-13H3. The molecule has 0 atom stereocenters. The van der Waals surface area contributed by atoms with Crippen LogP contribution in [0.15, 0.2) is 12.1 Å². The van der Waals surface area contributed by atoms with Gasteiger partial charge in [0.2, 0.25) is 0 Å². The van der Waals surface area contributed by atoms with Crippen LogP contribution in [0.4, 0.5) is 0 Å². The van der Waals surface area contributed by atoms with Crippen molar-refractivity contribution in [2.75, 3.05) is 0 Å². The highest BCUT2D eigenvalue weighted by Crippen LogP contribution is 2.60. The molecular formula is C22H41NP2. The monoisotopic (exact) mass is 381 g/mol. The predicted octanol–water partition coefficient (Wildman–Crippen LogP) is 6.80. The van der Waals surface area contributed by atoms with Gasteiger partial charge in [0.05, 0.1) is 10.9 Å². The second-order valence-electron chi connectivity index (χ2n) is 11.2. The van der Waals surface area contributed by atoms with E-state index in [4.69, 9.17) is 4.98 Å².